The van der Waals surface area contributed by atoms with Gasteiger partial charge in [-0.05, 0) is 38.7 Å². The van der Waals surface area contributed by atoms with Gasteiger partial charge in [0.2, 0.25) is 0 Å². The van der Waals surface area contributed by atoms with Gasteiger partial charge in [0.25, 0.3) is 0 Å². The number of methoxy groups -OCH3 is 1. The number of benzene rings is 1. The van der Waals surface area contributed by atoms with Crippen LogP contribution in [-0.2, 0) is 13.6 Å². The highest BCUT2D eigenvalue weighted by atomic mass is 127. The monoisotopic (exact) mass is 573 g/mol. The first-order valence-electron chi connectivity index (χ1n) is 11.1. The molecule has 0 aliphatic carbocycles. The molecule has 10 heteroatoms. The zero-order valence-corrected chi connectivity index (χ0v) is 22.6. The average Bonchev–Trinajstić information content (AvgIpc) is 3.19. The van der Waals surface area contributed by atoms with Crippen molar-refractivity contribution in [3.05, 3.63) is 47.5 Å². The molecule has 1 fully saturated rings. The number of hydrogen-bond donors (Lipinski definition) is 1. The normalized spacial score (nSPS) is 16.0. The minimum absolute atomic E-state index is 0. The summed E-state index contributed by atoms with van der Waals surface area (Å²) in [5.74, 6) is 0.917. The number of nitrogens with zero attached hydrogens (tertiary/aromatic N) is 6. The lowest BCUT2D eigenvalue weighted by molar-refractivity contribution is 0.172. The molecule has 8 nitrogen and oxygen atoms in total. The molecule has 0 radical (unpaired) electrons. The van der Waals surface area contributed by atoms with Crippen LogP contribution in [0.3, 0.4) is 0 Å². The van der Waals surface area contributed by atoms with Gasteiger partial charge >= 0.3 is 0 Å². The number of piperazine rings is 1. The minimum atomic E-state index is -0.311. The second-order valence-corrected chi connectivity index (χ2v) is 8.35. The smallest absolute Gasteiger partial charge is 0.194 e. The highest BCUT2D eigenvalue weighted by Crippen LogP contribution is 2.20. The van der Waals surface area contributed by atoms with Crippen molar-refractivity contribution in [2.75, 3.05) is 60.5 Å². The zero-order chi connectivity index (χ0) is 23.1. The average molecular weight is 573 g/mol. The Balaban J connectivity index is 0.00000385. The lowest BCUT2D eigenvalue weighted by Crippen LogP contribution is -2.52. The van der Waals surface area contributed by atoms with Gasteiger partial charge in [0.05, 0.1) is 25.9 Å². The summed E-state index contributed by atoms with van der Waals surface area (Å²) in [5, 5.41) is 7.75. The predicted molar refractivity (Wildman–Crippen MR) is 141 cm³/mol. The maximum absolute atomic E-state index is 14.0. The van der Waals surface area contributed by atoms with E-state index in [1.165, 1.54) is 7.11 Å². The summed E-state index contributed by atoms with van der Waals surface area (Å²) < 4.78 is 20.8. The van der Waals surface area contributed by atoms with Gasteiger partial charge in [-0.25, -0.2) is 4.39 Å². The number of ether oxygens (including phenoxy) is 1. The Morgan fingerprint density at radius 3 is 2.55 bits per heavy atom. The number of aromatic nitrogens is 2. The second kappa shape index (κ2) is 13.1. The predicted octanol–water partition coefficient (Wildman–Crippen LogP) is 2.57. The summed E-state index contributed by atoms with van der Waals surface area (Å²) in [6, 6.07) is 5.36. The van der Waals surface area contributed by atoms with E-state index >= 15 is 0 Å². The number of nitrogens with one attached hydrogen (secondary N) is 1. The molecule has 1 aromatic carbocycles. The SMILES string of the molecule is CCNC(=NCC(c1cnn(C)c1)N(C)C)N1CCN(Cc2ccc(OC)c(F)c2)CC1.I. The van der Waals surface area contributed by atoms with Crippen molar-refractivity contribution in [1.29, 1.82) is 0 Å². The Kier molecular flexibility index (Phi) is 10.8. The van der Waals surface area contributed by atoms with Gasteiger partial charge in [0.1, 0.15) is 0 Å². The first-order valence-corrected chi connectivity index (χ1v) is 11.1. The van der Waals surface area contributed by atoms with E-state index in [0.29, 0.717) is 6.54 Å². The summed E-state index contributed by atoms with van der Waals surface area (Å²) in [5.41, 5.74) is 2.12. The van der Waals surface area contributed by atoms with E-state index in [0.717, 1.165) is 56.4 Å². The Labute approximate surface area is 213 Å². The largest absolute Gasteiger partial charge is 0.494 e. The lowest BCUT2D eigenvalue weighted by atomic mass is 10.1. The molecule has 0 spiro atoms. The Morgan fingerprint density at radius 2 is 2.00 bits per heavy atom. The van der Waals surface area contributed by atoms with Gasteiger partial charge in [-0.2, -0.15) is 5.10 Å². The van der Waals surface area contributed by atoms with Gasteiger partial charge in [-0.15, -0.1) is 24.0 Å². The molecule has 1 unspecified atom stereocenters. The number of aryl methyl sites for hydroxylation is 1. The van der Waals surface area contributed by atoms with Crippen LogP contribution in [0.4, 0.5) is 4.39 Å². The molecule has 1 aliphatic rings. The van der Waals surface area contributed by atoms with E-state index in [9.17, 15) is 4.39 Å². The van der Waals surface area contributed by atoms with Gasteiger partial charge < -0.3 is 19.9 Å². The Bertz CT molecular complexity index is 897. The van der Waals surface area contributed by atoms with Crippen LogP contribution >= 0.6 is 24.0 Å². The number of rotatable bonds is 8. The van der Waals surface area contributed by atoms with Crippen molar-refractivity contribution in [1.82, 2.24) is 29.8 Å². The molecule has 2 heterocycles. The fourth-order valence-electron chi connectivity index (χ4n) is 3.96. The minimum Gasteiger partial charge on any atom is -0.494 e. The molecule has 1 aliphatic heterocycles. The quantitative estimate of drug-likeness (QED) is 0.298. The summed E-state index contributed by atoms with van der Waals surface area (Å²) in [4.78, 5) is 11.8. The third kappa shape index (κ3) is 7.54. The van der Waals surface area contributed by atoms with Gasteiger partial charge in [-0.3, -0.25) is 14.6 Å². The maximum Gasteiger partial charge on any atom is 0.194 e. The number of guanidine groups is 1. The van der Waals surface area contributed by atoms with Gasteiger partial charge in [-0.1, -0.05) is 6.07 Å². The summed E-state index contributed by atoms with van der Waals surface area (Å²) >= 11 is 0. The molecule has 0 saturated carbocycles. The first-order chi connectivity index (χ1) is 15.4. The summed E-state index contributed by atoms with van der Waals surface area (Å²) in [7, 11) is 7.56. The number of halogens is 2. The van der Waals surface area contributed by atoms with Crippen LogP contribution < -0.4 is 10.1 Å². The fourth-order valence-corrected chi connectivity index (χ4v) is 3.96. The third-order valence-electron chi connectivity index (χ3n) is 5.78. The molecule has 184 valence electrons. The van der Waals surface area contributed by atoms with Crippen LogP contribution in [0.5, 0.6) is 5.75 Å². The maximum atomic E-state index is 14.0. The molecule has 1 atom stereocenters. The fraction of sp³-hybridized carbons (Fsp3) is 0.565. The van der Waals surface area contributed by atoms with Crippen molar-refractivity contribution in [2.24, 2.45) is 12.0 Å². The second-order valence-electron chi connectivity index (χ2n) is 8.35. The van der Waals surface area contributed by atoms with Crippen LogP contribution in [0.25, 0.3) is 0 Å². The van der Waals surface area contributed by atoms with E-state index in [-0.39, 0.29) is 41.6 Å². The van der Waals surface area contributed by atoms with Crippen molar-refractivity contribution < 1.29 is 9.13 Å². The molecule has 33 heavy (non-hydrogen) atoms. The highest BCUT2D eigenvalue weighted by molar-refractivity contribution is 14.0. The summed E-state index contributed by atoms with van der Waals surface area (Å²) in [6.07, 6.45) is 3.96. The molecule has 0 amide bonds. The molecular formula is C23H37FIN7O. The van der Waals surface area contributed by atoms with Crippen LogP contribution in [0.15, 0.2) is 35.6 Å². The van der Waals surface area contributed by atoms with Crippen molar-refractivity contribution >= 4 is 29.9 Å². The van der Waals surface area contributed by atoms with Crippen molar-refractivity contribution in [3.63, 3.8) is 0 Å². The Morgan fingerprint density at radius 1 is 1.27 bits per heavy atom. The van der Waals surface area contributed by atoms with Gasteiger partial charge in [0.15, 0.2) is 17.5 Å². The lowest BCUT2D eigenvalue weighted by Gasteiger charge is -2.36. The molecule has 1 saturated heterocycles. The van der Waals surface area contributed by atoms with Crippen LogP contribution in [-0.4, -0.2) is 90.9 Å². The molecule has 2 aromatic rings. The van der Waals surface area contributed by atoms with E-state index in [1.54, 1.807) is 12.1 Å². The number of hydrogen-bond acceptors (Lipinski definition) is 5. The highest BCUT2D eigenvalue weighted by Gasteiger charge is 2.21. The molecule has 0 bridgehead atoms. The molecular weight excluding hydrogens is 536 g/mol. The topological polar surface area (TPSA) is 61.2 Å². The van der Waals surface area contributed by atoms with Crippen LogP contribution in [0.2, 0.25) is 0 Å². The summed E-state index contributed by atoms with van der Waals surface area (Å²) in [6.45, 7) is 7.86. The van der Waals surface area contributed by atoms with E-state index in [1.807, 2.05) is 30.2 Å². The van der Waals surface area contributed by atoms with E-state index in [4.69, 9.17) is 9.73 Å². The van der Waals surface area contributed by atoms with E-state index in [2.05, 4.69) is 46.1 Å². The molecule has 1 aromatic heterocycles. The molecule has 1 N–H and O–H groups in total. The van der Waals surface area contributed by atoms with Crippen LogP contribution in [0.1, 0.15) is 24.1 Å². The molecule has 3 rings (SSSR count). The zero-order valence-electron chi connectivity index (χ0n) is 20.3. The van der Waals surface area contributed by atoms with Crippen molar-refractivity contribution in [2.45, 2.75) is 19.5 Å². The standard InChI is InChI=1S/C23H36FN7O.HI/c1-6-25-23(26-15-21(28(2)3)19-14-27-29(4)17-19)31-11-9-30(10-12-31)16-18-7-8-22(32-5)20(24)13-18;/h7-8,13-14,17,21H,6,9-12,15-16H2,1-5H3,(H,25,26);1H. The van der Waals surface area contributed by atoms with Crippen molar-refractivity contribution in [3.8, 4) is 5.75 Å². The van der Waals surface area contributed by atoms with Gasteiger partial charge in [0, 0.05) is 58.1 Å². The Hall–Kier alpha value is -1.92. The number of likely N-dealkylation sites (N-methyl/N-ethyl adjacent to an activating group) is 1. The van der Waals surface area contributed by atoms with E-state index < -0.39 is 0 Å². The first kappa shape index (κ1) is 27.3. The van der Waals surface area contributed by atoms with Crippen LogP contribution in [0, 0.1) is 5.82 Å². The third-order valence-corrected chi connectivity index (χ3v) is 5.78. The number of aliphatic imine (C=N–C) groups is 1.